The molecule has 0 amide bonds. The molecule has 0 radical (unpaired) electrons. The van der Waals surface area contributed by atoms with Crippen LogP contribution in [-0.2, 0) is 7.05 Å². The zero-order chi connectivity index (χ0) is 11.0. The minimum absolute atomic E-state index is 0.0988. The zero-order valence-electron chi connectivity index (χ0n) is 7.90. The van der Waals surface area contributed by atoms with Crippen LogP contribution in [0.1, 0.15) is 0 Å². The molecule has 15 heavy (non-hydrogen) atoms. The fourth-order valence-corrected chi connectivity index (χ4v) is 1.67. The van der Waals surface area contributed by atoms with Gasteiger partial charge in [-0.15, -0.1) is 0 Å². The van der Waals surface area contributed by atoms with Crippen LogP contribution in [0.15, 0.2) is 27.6 Å². The highest BCUT2D eigenvalue weighted by Gasteiger charge is 2.13. The van der Waals surface area contributed by atoms with Gasteiger partial charge in [-0.05, 0) is 28.7 Å². The predicted octanol–water partition coefficient (Wildman–Crippen LogP) is 1.23. The molecule has 5 nitrogen and oxygen atoms in total. The average Bonchev–Trinajstić information content (AvgIpc) is 2.53. The second kappa shape index (κ2) is 3.69. The first kappa shape index (κ1) is 10.2. The van der Waals surface area contributed by atoms with E-state index in [0.29, 0.717) is 17.1 Å². The normalized spacial score (nSPS) is 10.5. The first-order valence-electron chi connectivity index (χ1n) is 4.17. The summed E-state index contributed by atoms with van der Waals surface area (Å²) in [5.41, 5.74) is 6.14. The molecular weight excluding hydrogens is 309 g/mol. The number of pyridine rings is 1. The number of nitrogens with two attached hydrogens (primary N) is 1. The van der Waals surface area contributed by atoms with Gasteiger partial charge in [0, 0.05) is 24.9 Å². The van der Waals surface area contributed by atoms with E-state index < -0.39 is 0 Å². The van der Waals surface area contributed by atoms with Gasteiger partial charge >= 0.3 is 0 Å². The van der Waals surface area contributed by atoms with E-state index in [1.807, 2.05) is 22.6 Å². The molecule has 0 saturated carbocycles. The van der Waals surface area contributed by atoms with Crippen molar-refractivity contribution in [3.63, 3.8) is 0 Å². The summed E-state index contributed by atoms with van der Waals surface area (Å²) < 4.78 is 7.25. The number of nitrogen functional groups attached to an aromatic ring is 1. The summed E-state index contributed by atoms with van der Waals surface area (Å²) in [7, 11) is 1.69. The third kappa shape index (κ3) is 1.76. The van der Waals surface area contributed by atoms with Crippen LogP contribution in [0.2, 0.25) is 0 Å². The van der Waals surface area contributed by atoms with Gasteiger partial charge in [0.2, 0.25) is 0 Å². The Morgan fingerprint density at radius 3 is 2.87 bits per heavy atom. The quantitative estimate of drug-likeness (QED) is 0.803. The van der Waals surface area contributed by atoms with Gasteiger partial charge in [-0.1, -0.05) is 5.16 Å². The Morgan fingerprint density at radius 2 is 2.33 bits per heavy atom. The molecule has 78 valence electrons. The molecule has 2 aromatic rings. The molecule has 2 N–H and O–H groups in total. The molecular formula is C9H8IN3O2. The van der Waals surface area contributed by atoms with Crippen LogP contribution in [0, 0.1) is 3.57 Å². The van der Waals surface area contributed by atoms with E-state index in [2.05, 4.69) is 5.16 Å². The third-order valence-electron chi connectivity index (χ3n) is 2.03. The van der Waals surface area contributed by atoms with Crippen molar-refractivity contribution in [3.8, 4) is 11.3 Å². The number of hydrogen-bond acceptors (Lipinski definition) is 4. The summed E-state index contributed by atoms with van der Waals surface area (Å²) in [5, 5.41) is 3.63. The summed E-state index contributed by atoms with van der Waals surface area (Å²) in [6.45, 7) is 0. The van der Waals surface area contributed by atoms with Gasteiger partial charge in [-0.2, -0.15) is 0 Å². The number of hydrogen-bond donors (Lipinski definition) is 1. The second-order valence-electron chi connectivity index (χ2n) is 3.08. The standard InChI is InChI=1S/C9H8IN3O2/c1-13-3-2-5(4-6(13)14)8-7(10)9(11)12-15-8/h2-4H,1H3,(H2,11,12). The Balaban J connectivity index is 2.60. The highest BCUT2D eigenvalue weighted by atomic mass is 127. The van der Waals surface area contributed by atoms with E-state index in [9.17, 15) is 4.79 Å². The molecule has 0 aliphatic heterocycles. The van der Waals surface area contributed by atoms with Crippen molar-refractivity contribution < 1.29 is 4.52 Å². The first-order valence-corrected chi connectivity index (χ1v) is 5.25. The number of rotatable bonds is 1. The molecule has 2 heterocycles. The molecule has 0 aromatic carbocycles. The van der Waals surface area contributed by atoms with E-state index in [1.165, 1.54) is 10.6 Å². The Labute approximate surface area is 99.0 Å². The summed E-state index contributed by atoms with van der Waals surface area (Å²) in [4.78, 5) is 11.4. The average molecular weight is 317 g/mol. The van der Waals surface area contributed by atoms with Crippen molar-refractivity contribution in [2.24, 2.45) is 7.05 Å². The molecule has 0 fully saturated rings. The number of nitrogens with zero attached hydrogens (tertiary/aromatic N) is 2. The number of anilines is 1. The van der Waals surface area contributed by atoms with Crippen molar-refractivity contribution in [2.45, 2.75) is 0 Å². The van der Waals surface area contributed by atoms with E-state index in [0.717, 1.165) is 3.57 Å². The fraction of sp³-hybridized carbons (Fsp3) is 0.111. The van der Waals surface area contributed by atoms with Crippen LogP contribution in [0.5, 0.6) is 0 Å². The van der Waals surface area contributed by atoms with E-state index in [4.69, 9.17) is 10.3 Å². The monoisotopic (exact) mass is 317 g/mol. The molecule has 0 atom stereocenters. The lowest BCUT2D eigenvalue weighted by atomic mass is 10.2. The summed E-state index contributed by atoms with van der Waals surface area (Å²) in [5.74, 6) is 0.872. The van der Waals surface area contributed by atoms with Gasteiger partial charge in [-0.3, -0.25) is 4.79 Å². The number of aryl methyl sites for hydroxylation is 1. The van der Waals surface area contributed by atoms with Gasteiger partial charge < -0.3 is 14.8 Å². The molecule has 0 saturated heterocycles. The second-order valence-corrected chi connectivity index (χ2v) is 4.15. The van der Waals surface area contributed by atoms with E-state index in [-0.39, 0.29) is 5.56 Å². The fourth-order valence-electron chi connectivity index (χ4n) is 1.16. The van der Waals surface area contributed by atoms with Crippen LogP contribution >= 0.6 is 22.6 Å². The largest absolute Gasteiger partial charge is 0.380 e. The van der Waals surface area contributed by atoms with Gasteiger partial charge in [0.15, 0.2) is 11.6 Å². The SMILES string of the molecule is Cn1ccc(-c2onc(N)c2I)cc1=O. The van der Waals surface area contributed by atoms with Crippen molar-refractivity contribution in [2.75, 3.05) is 5.73 Å². The van der Waals surface area contributed by atoms with Crippen LogP contribution < -0.4 is 11.3 Å². The molecule has 0 aliphatic rings. The maximum absolute atomic E-state index is 11.4. The molecule has 0 bridgehead atoms. The van der Waals surface area contributed by atoms with Crippen molar-refractivity contribution in [3.05, 3.63) is 32.3 Å². The third-order valence-corrected chi connectivity index (χ3v) is 3.07. The van der Waals surface area contributed by atoms with Crippen LogP contribution in [0.25, 0.3) is 11.3 Å². The van der Waals surface area contributed by atoms with Crippen LogP contribution in [0.3, 0.4) is 0 Å². The Morgan fingerprint density at radius 1 is 1.60 bits per heavy atom. The minimum Gasteiger partial charge on any atom is -0.380 e. The topological polar surface area (TPSA) is 74.1 Å². The highest BCUT2D eigenvalue weighted by Crippen LogP contribution is 2.27. The summed E-state index contributed by atoms with van der Waals surface area (Å²) in [6, 6.07) is 3.27. The van der Waals surface area contributed by atoms with Crippen LogP contribution in [-0.4, -0.2) is 9.72 Å². The maximum atomic E-state index is 11.4. The first-order chi connectivity index (χ1) is 7.09. The molecule has 0 unspecified atom stereocenters. The Hall–Kier alpha value is -1.31. The van der Waals surface area contributed by atoms with Gasteiger partial charge in [0.1, 0.15) is 3.57 Å². The molecule has 0 aliphatic carbocycles. The van der Waals surface area contributed by atoms with Crippen LogP contribution in [0.4, 0.5) is 5.82 Å². The molecule has 0 spiro atoms. The number of halogens is 1. The number of aromatic nitrogens is 2. The van der Waals surface area contributed by atoms with E-state index in [1.54, 1.807) is 19.3 Å². The molecule has 2 aromatic heterocycles. The van der Waals surface area contributed by atoms with Gasteiger partial charge in [0.05, 0.1) is 0 Å². The minimum atomic E-state index is -0.0988. The smallest absolute Gasteiger partial charge is 0.250 e. The molecule has 2 rings (SSSR count). The Bertz CT molecular complexity index is 559. The zero-order valence-corrected chi connectivity index (χ0v) is 10.1. The Kier molecular flexibility index (Phi) is 2.51. The predicted molar refractivity (Wildman–Crippen MR) is 64.3 cm³/mol. The van der Waals surface area contributed by atoms with Gasteiger partial charge in [-0.25, -0.2) is 0 Å². The lowest BCUT2D eigenvalue weighted by Crippen LogP contribution is -2.14. The molecule has 6 heteroatoms. The lowest BCUT2D eigenvalue weighted by Gasteiger charge is -1.98. The van der Waals surface area contributed by atoms with Gasteiger partial charge in [0.25, 0.3) is 5.56 Å². The highest BCUT2D eigenvalue weighted by molar-refractivity contribution is 14.1. The summed E-state index contributed by atoms with van der Waals surface area (Å²) >= 11 is 2.03. The summed E-state index contributed by atoms with van der Waals surface area (Å²) in [6.07, 6.45) is 1.67. The maximum Gasteiger partial charge on any atom is 0.250 e. The van der Waals surface area contributed by atoms with Crippen molar-refractivity contribution in [1.29, 1.82) is 0 Å². The lowest BCUT2D eigenvalue weighted by molar-refractivity contribution is 0.435. The van der Waals surface area contributed by atoms with Crippen molar-refractivity contribution >= 4 is 28.4 Å². The van der Waals surface area contributed by atoms with Crippen molar-refractivity contribution in [1.82, 2.24) is 9.72 Å². The van der Waals surface area contributed by atoms with E-state index >= 15 is 0 Å².